The van der Waals surface area contributed by atoms with Crippen LogP contribution in [0.2, 0.25) is 0 Å². The molecule has 0 aromatic carbocycles. The summed E-state index contributed by atoms with van der Waals surface area (Å²) in [6, 6.07) is 0.672. The van der Waals surface area contributed by atoms with E-state index in [9.17, 15) is 0 Å². The van der Waals surface area contributed by atoms with Crippen LogP contribution in [0.5, 0.6) is 0 Å². The summed E-state index contributed by atoms with van der Waals surface area (Å²) in [5.74, 6) is 0.824. The maximum absolute atomic E-state index is 9.02. The molecule has 1 aliphatic rings. The normalized spacial score (nSPS) is 21.8. The molecule has 0 bridgehead atoms. The minimum Gasteiger partial charge on any atom is -0.396 e. The fraction of sp³-hybridized carbons (Fsp3) is 1.00. The van der Waals surface area contributed by atoms with Gasteiger partial charge in [-0.25, -0.2) is 0 Å². The molecule has 0 radical (unpaired) electrons. The molecule has 1 aliphatic carbocycles. The molecular formula is C14H29NO. The van der Waals surface area contributed by atoms with Crippen LogP contribution in [0.1, 0.15) is 59.3 Å². The van der Waals surface area contributed by atoms with Crippen molar-refractivity contribution in [3.05, 3.63) is 0 Å². The zero-order chi connectivity index (χ0) is 12.0. The second-order valence-corrected chi connectivity index (χ2v) is 5.71. The van der Waals surface area contributed by atoms with Crippen molar-refractivity contribution < 1.29 is 5.11 Å². The molecule has 96 valence electrons. The Balaban J connectivity index is 2.23. The summed E-state index contributed by atoms with van der Waals surface area (Å²) < 4.78 is 0. The van der Waals surface area contributed by atoms with E-state index in [0.717, 1.165) is 18.9 Å². The number of hydrogen-bond acceptors (Lipinski definition) is 2. The average Bonchev–Trinajstić information content (AvgIpc) is 3.04. The molecule has 1 rings (SSSR count). The van der Waals surface area contributed by atoms with Gasteiger partial charge >= 0.3 is 0 Å². The molecule has 0 saturated heterocycles. The summed E-state index contributed by atoms with van der Waals surface area (Å²) in [6.45, 7) is 8.34. The molecule has 0 aromatic rings. The summed E-state index contributed by atoms with van der Waals surface area (Å²) in [7, 11) is 0. The zero-order valence-electron chi connectivity index (χ0n) is 11.3. The van der Waals surface area contributed by atoms with Gasteiger partial charge in [-0.05, 0) is 43.4 Å². The Kier molecular flexibility index (Phi) is 5.77. The van der Waals surface area contributed by atoms with Gasteiger partial charge in [0.15, 0.2) is 0 Å². The van der Waals surface area contributed by atoms with E-state index < -0.39 is 0 Å². The van der Waals surface area contributed by atoms with E-state index in [-0.39, 0.29) is 0 Å². The highest BCUT2D eigenvalue weighted by Crippen LogP contribution is 2.48. The van der Waals surface area contributed by atoms with Crippen molar-refractivity contribution in [1.29, 1.82) is 0 Å². The van der Waals surface area contributed by atoms with Crippen LogP contribution in [0.15, 0.2) is 0 Å². The number of nitrogens with one attached hydrogen (secondary N) is 1. The minimum atomic E-state index is 0.351. The Morgan fingerprint density at radius 1 is 1.25 bits per heavy atom. The Bertz CT molecular complexity index is 189. The van der Waals surface area contributed by atoms with Crippen molar-refractivity contribution in [2.75, 3.05) is 13.2 Å². The van der Waals surface area contributed by atoms with E-state index >= 15 is 0 Å². The molecule has 1 fully saturated rings. The Labute approximate surface area is 101 Å². The van der Waals surface area contributed by atoms with Crippen LogP contribution in [0.4, 0.5) is 0 Å². The van der Waals surface area contributed by atoms with Crippen LogP contribution < -0.4 is 5.32 Å². The SMILES string of the molecule is CCC(C)CC(CC)NCC1(CCO)CC1. The van der Waals surface area contributed by atoms with Crippen LogP contribution >= 0.6 is 0 Å². The van der Waals surface area contributed by atoms with Crippen molar-refractivity contribution in [3.8, 4) is 0 Å². The van der Waals surface area contributed by atoms with E-state index in [1.807, 2.05) is 0 Å². The van der Waals surface area contributed by atoms with Gasteiger partial charge in [-0.3, -0.25) is 0 Å². The smallest absolute Gasteiger partial charge is 0.0436 e. The molecule has 2 nitrogen and oxygen atoms in total. The van der Waals surface area contributed by atoms with Gasteiger partial charge in [0.1, 0.15) is 0 Å². The largest absolute Gasteiger partial charge is 0.396 e. The second kappa shape index (κ2) is 6.61. The summed E-state index contributed by atoms with van der Waals surface area (Å²) in [4.78, 5) is 0. The summed E-state index contributed by atoms with van der Waals surface area (Å²) in [5, 5.41) is 12.7. The van der Waals surface area contributed by atoms with Crippen molar-refractivity contribution in [2.45, 2.75) is 65.3 Å². The molecule has 2 atom stereocenters. The highest BCUT2D eigenvalue weighted by Gasteiger charge is 2.41. The summed E-state index contributed by atoms with van der Waals surface area (Å²) in [5.41, 5.74) is 0.456. The van der Waals surface area contributed by atoms with Gasteiger partial charge in [0.05, 0.1) is 0 Å². The summed E-state index contributed by atoms with van der Waals surface area (Å²) >= 11 is 0. The van der Waals surface area contributed by atoms with E-state index in [0.29, 0.717) is 18.1 Å². The van der Waals surface area contributed by atoms with Gasteiger partial charge in [-0.1, -0.05) is 27.2 Å². The molecule has 0 heterocycles. The molecule has 0 amide bonds. The van der Waals surface area contributed by atoms with Crippen LogP contribution in [0.3, 0.4) is 0 Å². The third kappa shape index (κ3) is 4.42. The Morgan fingerprint density at radius 2 is 1.94 bits per heavy atom. The lowest BCUT2D eigenvalue weighted by atomic mass is 9.96. The predicted octanol–water partition coefficient (Wildman–Crippen LogP) is 2.95. The molecule has 2 unspecified atom stereocenters. The van der Waals surface area contributed by atoms with E-state index in [2.05, 4.69) is 26.1 Å². The fourth-order valence-corrected chi connectivity index (χ4v) is 2.34. The molecule has 2 N–H and O–H groups in total. The maximum atomic E-state index is 9.02. The topological polar surface area (TPSA) is 32.3 Å². The third-order valence-corrected chi connectivity index (χ3v) is 4.24. The van der Waals surface area contributed by atoms with Gasteiger partial charge in [0, 0.05) is 19.2 Å². The highest BCUT2D eigenvalue weighted by molar-refractivity contribution is 4.95. The number of aliphatic hydroxyl groups is 1. The monoisotopic (exact) mass is 227 g/mol. The van der Waals surface area contributed by atoms with Crippen LogP contribution in [0.25, 0.3) is 0 Å². The zero-order valence-corrected chi connectivity index (χ0v) is 11.3. The minimum absolute atomic E-state index is 0.351. The Morgan fingerprint density at radius 3 is 2.38 bits per heavy atom. The van der Waals surface area contributed by atoms with Crippen molar-refractivity contribution in [3.63, 3.8) is 0 Å². The molecule has 16 heavy (non-hydrogen) atoms. The fourth-order valence-electron chi connectivity index (χ4n) is 2.34. The standard InChI is InChI=1S/C14H29NO/c1-4-12(3)10-13(5-2)15-11-14(6-7-14)8-9-16/h12-13,15-16H,4-11H2,1-3H3. The predicted molar refractivity (Wildman–Crippen MR) is 69.5 cm³/mol. The van der Waals surface area contributed by atoms with Crippen LogP contribution in [-0.2, 0) is 0 Å². The third-order valence-electron chi connectivity index (χ3n) is 4.24. The first-order chi connectivity index (χ1) is 7.65. The maximum Gasteiger partial charge on any atom is 0.0436 e. The molecule has 2 heteroatoms. The van der Waals surface area contributed by atoms with Gasteiger partial charge in [-0.2, -0.15) is 0 Å². The molecule has 0 aliphatic heterocycles. The summed E-state index contributed by atoms with van der Waals surface area (Å²) in [6.07, 6.45) is 7.39. The molecule has 1 saturated carbocycles. The molecule has 0 aromatic heterocycles. The van der Waals surface area contributed by atoms with Gasteiger partial charge < -0.3 is 10.4 Å². The number of hydrogen-bond donors (Lipinski definition) is 2. The van der Waals surface area contributed by atoms with E-state index in [1.54, 1.807) is 0 Å². The first-order valence-electron chi connectivity index (χ1n) is 7.00. The number of aliphatic hydroxyl groups excluding tert-OH is 1. The van der Waals surface area contributed by atoms with Gasteiger partial charge in [0.25, 0.3) is 0 Å². The van der Waals surface area contributed by atoms with Crippen molar-refractivity contribution in [2.24, 2.45) is 11.3 Å². The highest BCUT2D eigenvalue weighted by atomic mass is 16.3. The average molecular weight is 227 g/mol. The van der Waals surface area contributed by atoms with Gasteiger partial charge in [-0.15, -0.1) is 0 Å². The van der Waals surface area contributed by atoms with Crippen molar-refractivity contribution in [1.82, 2.24) is 5.32 Å². The van der Waals surface area contributed by atoms with E-state index in [1.165, 1.54) is 32.1 Å². The van der Waals surface area contributed by atoms with Crippen LogP contribution in [-0.4, -0.2) is 24.3 Å². The lowest BCUT2D eigenvalue weighted by Crippen LogP contribution is -2.35. The number of rotatable bonds is 9. The molecule has 0 spiro atoms. The van der Waals surface area contributed by atoms with Crippen molar-refractivity contribution >= 4 is 0 Å². The Hall–Kier alpha value is -0.0800. The first kappa shape index (κ1) is 14.0. The first-order valence-corrected chi connectivity index (χ1v) is 7.00. The lowest BCUT2D eigenvalue weighted by molar-refractivity contribution is 0.238. The molecular weight excluding hydrogens is 198 g/mol. The quantitative estimate of drug-likeness (QED) is 0.635. The second-order valence-electron chi connectivity index (χ2n) is 5.71. The van der Waals surface area contributed by atoms with Crippen LogP contribution in [0, 0.1) is 11.3 Å². The van der Waals surface area contributed by atoms with Gasteiger partial charge in [0.2, 0.25) is 0 Å². The lowest BCUT2D eigenvalue weighted by Gasteiger charge is -2.23. The van der Waals surface area contributed by atoms with E-state index in [4.69, 9.17) is 5.11 Å².